The molecule has 2 aromatic rings. The fraction of sp³-hybridized carbons (Fsp3) is 0.524. The predicted molar refractivity (Wildman–Crippen MR) is 101 cm³/mol. The van der Waals surface area contributed by atoms with E-state index in [2.05, 4.69) is 57.3 Å². The molecule has 0 spiro atoms. The number of hydrogen-bond donors (Lipinski definition) is 1. The second-order valence-corrected chi connectivity index (χ2v) is 7.82. The molecule has 1 aromatic carbocycles. The Balaban J connectivity index is 1.91. The molecular formula is C21H29N3O. The molecule has 0 atom stereocenters. The lowest BCUT2D eigenvalue weighted by Gasteiger charge is -2.24. The number of carbonyl (C=O) groups excluding carboxylic acids is 1. The Labute approximate surface area is 150 Å². The van der Waals surface area contributed by atoms with Gasteiger partial charge in [0, 0.05) is 16.8 Å². The third-order valence-electron chi connectivity index (χ3n) is 5.26. The van der Waals surface area contributed by atoms with Crippen molar-refractivity contribution in [2.75, 3.05) is 0 Å². The largest absolute Gasteiger partial charge is 0.346 e. The van der Waals surface area contributed by atoms with E-state index >= 15 is 0 Å². The number of nitrogens with zero attached hydrogens (tertiary/aromatic N) is 2. The molecule has 0 saturated carbocycles. The number of fused-ring (bicyclic) bond motifs is 1. The van der Waals surface area contributed by atoms with Crippen LogP contribution in [0.3, 0.4) is 0 Å². The van der Waals surface area contributed by atoms with E-state index in [1.54, 1.807) is 0 Å². The average Bonchev–Trinajstić information content (AvgIpc) is 2.96. The highest BCUT2D eigenvalue weighted by molar-refractivity contribution is 5.94. The van der Waals surface area contributed by atoms with Crippen molar-refractivity contribution in [2.24, 2.45) is 0 Å². The zero-order chi connectivity index (χ0) is 18.0. The van der Waals surface area contributed by atoms with Crippen LogP contribution in [0.4, 0.5) is 0 Å². The number of nitrogens with one attached hydrogen (secondary N) is 1. The van der Waals surface area contributed by atoms with E-state index in [9.17, 15) is 4.79 Å². The number of rotatable bonds is 5. The SMILES string of the molecule is CCC(C)(C)NC(=O)c1nn(Cc2ccc(C)cc2)c2c1CCCC2. The Morgan fingerprint density at radius 3 is 2.56 bits per heavy atom. The number of amides is 1. The van der Waals surface area contributed by atoms with E-state index in [4.69, 9.17) is 5.10 Å². The van der Waals surface area contributed by atoms with E-state index in [1.807, 2.05) is 4.68 Å². The Bertz CT molecular complexity index is 756. The van der Waals surface area contributed by atoms with Crippen LogP contribution in [0.2, 0.25) is 0 Å². The third kappa shape index (κ3) is 3.94. The summed E-state index contributed by atoms with van der Waals surface area (Å²) in [5, 5.41) is 7.87. The first kappa shape index (κ1) is 17.7. The van der Waals surface area contributed by atoms with Crippen LogP contribution in [-0.4, -0.2) is 21.2 Å². The van der Waals surface area contributed by atoms with Gasteiger partial charge >= 0.3 is 0 Å². The Morgan fingerprint density at radius 2 is 1.88 bits per heavy atom. The molecule has 4 heteroatoms. The van der Waals surface area contributed by atoms with Crippen molar-refractivity contribution < 1.29 is 4.79 Å². The third-order valence-corrected chi connectivity index (χ3v) is 5.26. The Morgan fingerprint density at radius 1 is 1.20 bits per heavy atom. The lowest BCUT2D eigenvalue weighted by atomic mass is 9.94. The second-order valence-electron chi connectivity index (χ2n) is 7.82. The molecule has 25 heavy (non-hydrogen) atoms. The molecule has 134 valence electrons. The first-order valence-electron chi connectivity index (χ1n) is 9.36. The summed E-state index contributed by atoms with van der Waals surface area (Å²) in [6, 6.07) is 8.55. The molecule has 0 unspecified atom stereocenters. The summed E-state index contributed by atoms with van der Waals surface area (Å²) in [5.41, 5.74) is 5.30. The van der Waals surface area contributed by atoms with Crippen molar-refractivity contribution in [3.63, 3.8) is 0 Å². The van der Waals surface area contributed by atoms with Gasteiger partial charge in [-0.3, -0.25) is 9.48 Å². The van der Waals surface area contributed by atoms with Crippen molar-refractivity contribution in [3.8, 4) is 0 Å². The minimum atomic E-state index is -0.209. The molecular weight excluding hydrogens is 310 g/mol. The quantitative estimate of drug-likeness (QED) is 0.894. The van der Waals surface area contributed by atoms with Gasteiger partial charge in [-0.1, -0.05) is 36.8 Å². The highest BCUT2D eigenvalue weighted by Gasteiger charge is 2.27. The van der Waals surface area contributed by atoms with Gasteiger partial charge in [-0.15, -0.1) is 0 Å². The lowest BCUT2D eigenvalue weighted by Crippen LogP contribution is -2.43. The molecule has 1 aliphatic rings. The summed E-state index contributed by atoms with van der Waals surface area (Å²) in [5.74, 6) is -0.0346. The van der Waals surface area contributed by atoms with Crippen LogP contribution in [-0.2, 0) is 19.4 Å². The van der Waals surface area contributed by atoms with Gasteiger partial charge in [0.25, 0.3) is 5.91 Å². The van der Waals surface area contributed by atoms with Gasteiger partial charge in [0.2, 0.25) is 0 Å². The van der Waals surface area contributed by atoms with Gasteiger partial charge in [-0.2, -0.15) is 5.10 Å². The summed E-state index contributed by atoms with van der Waals surface area (Å²) in [6.45, 7) is 9.03. The fourth-order valence-electron chi connectivity index (χ4n) is 3.31. The molecule has 0 aliphatic heterocycles. The zero-order valence-corrected chi connectivity index (χ0v) is 15.9. The van der Waals surface area contributed by atoms with E-state index in [-0.39, 0.29) is 11.4 Å². The molecule has 1 amide bonds. The van der Waals surface area contributed by atoms with Gasteiger partial charge in [0.15, 0.2) is 5.69 Å². The van der Waals surface area contributed by atoms with Crippen LogP contribution >= 0.6 is 0 Å². The first-order chi connectivity index (χ1) is 11.9. The van der Waals surface area contributed by atoms with Crippen LogP contribution in [0.15, 0.2) is 24.3 Å². The fourth-order valence-corrected chi connectivity index (χ4v) is 3.31. The summed E-state index contributed by atoms with van der Waals surface area (Å²) in [7, 11) is 0. The van der Waals surface area contributed by atoms with Crippen molar-refractivity contribution >= 4 is 5.91 Å². The molecule has 0 radical (unpaired) electrons. The van der Waals surface area contributed by atoms with Gasteiger partial charge in [-0.05, 0) is 58.4 Å². The standard InChI is InChI=1S/C21H29N3O/c1-5-21(3,4)22-20(25)19-17-8-6-7-9-18(17)24(23-19)14-16-12-10-15(2)11-13-16/h10-13H,5-9,14H2,1-4H3,(H,22,25). The topological polar surface area (TPSA) is 46.9 Å². The normalized spacial score (nSPS) is 14.2. The van der Waals surface area contributed by atoms with Crippen LogP contribution < -0.4 is 5.32 Å². The van der Waals surface area contributed by atoms with E-state index in [0.717, 1.165) is 37.8 Å². The maximum absolute atomic E-state index is 12.8. The maximum Gasteiger partial charge on any atom is 0.272 e. The summed E-state index contributed by atoms with van der Waals surface area (Å²) in [4.78, 5) is 12.8. The molecule has 1 aromatic heterocycles. The minimum Gasteiger partial charge on any atom is -0.346 e. The Kier molecular flexibility index (Phi) is 4.98. The summed E-state index contributed by atoms with van der Waals surface area (Å²) >= 11 is 0. The highest BCUT2D eigenvalue weighted by Crippen LogP contribution is 2.26. The molecule has 1 heterocycles. The van der Waals surface area contributed by atoms with Crippen molar-refractivity contribution in [2.45, 2.75) is 71.9 Å². The second kappa shape index (κ2) is 7.03. The molecule has 0 saturated heterocycles. The van der Waals surface area contributed by atoms with Gasteiger partial charge in [0.1, 0.15) is 0 Å². The number of benzene rings is 1. The molecule has 1 aliphatic carbocycles. The summed E-state index contributed by atoms with van der Waals surface area (Å²) < 4.78 is 2.05. The van der Waals surface area contributed by atoms with E-state index < -0.39 is 0 Å². The van der Waals surface area contributed by atoms with E-state index in [0.29, 0.717) is 5.69 Å². The zero-order valence-electron chi connectivity index (χ0n) is 15.9. The molecule has 3 rings (SSSR count). The molecule has 0 bridgehead atoms. The van der Waals surface area contributed by atoms with E-state index in [1.165, 1.54) is 23.2 Å². The Hall–Kier alpha value is -2.10. The lowest BCUT2D eigenvalue weighted by molar-refractivity contribution is 0.0904. The monoisotopic (exact) mass is 339 g/mol. The minimum absolute atomic E-state index is 0.0346. The smallest absolute Gasteiger partial charge is 0.272 e. The molecule has 1 N–H and O–H groups in total. The van der Waals surface area contributed by atoms with Crippen LogP contribution in [0.1, 0.15) is 72.9 Å². The van der Waals surface area contributed by atoms with Gasteiger partial charge in [-0.25, -0.2) is 0 Å². The van der Waals surface area contributed by atoms with Crippen LogP contribution in [0.25, 0.3) is 0 Å². The predicted octanol–water partition coefficient (Wildman–Crippen LogP) is 4.04. The van der Waals surface area contributed by atoms with Crippen molar-refractivity contribution in [3.05, 3.63) is 52.3 Å². The average molecular weight is 339 g/mol. The van der Waals surface area contributed by atoms with Crippen LogP contribution in [0.5, 0.6) is 0 Å². The number of aromatic nitrogens is 2. The number of aryl methyl sites for hydroxylation is 1. The first-order valence-corrected chi connectivity index (χ1v) is 9.36. The van der Waals surface area contributed by atoms with Crippen molar-refractivity contribution in [1.29, 1.82) is 0 Å². The van der Waals surface area contributed by atoms with Crippen molar-refractivity contribution in [1.82, 2.24) is 15.1 Å². The molecule has 4 nitrogen and oxygen atoms in total. The summed E-state index contributed by atoms with van der Waals surface area (Å²) in [6.07, 6.45) is 5.18. The van der Waals surface area contributed by atoms with Gasteiger partial charge < -0.3 is 5.32 Å². The van der Waals surface area contributed by atoms with Crippen LogP contribution in [0, 0.1) is 6.92 Å². The number of hydrogen-bond acceptors (Lipinski definition) is 2. The highest BCUT2D eigenvalue weighted by atomic mass is 16.2. The molecule has 0 fully saturated rings. The van der Waals surface area contributed by atoms with Gasteiger partial charge in [0.05, 0.1) is 6.54 Å². The number of carbonyl (C=O) groups is 1. The maximum atomic E-state index is 12.8.